The molecule has 0 saturated carbocycles. The van der Waals surface area contributed by atoms with Gasteiger partial charge in [0.15, 0.2) is 0 Å². The minimum absolute atomic E-state index is 0.299. The number of allylic oxidation sites excluding steroid dienone is 4. The van der Waals surface area contributed by atoms with Crippen LogP contribution in [0.4, 0.5) is 9.59 Å². The average Bonchev–Trinajstić information content (AvgIpc) is 2.75. The van der Waals surface area contributed by atoms with Crippen molar-refractivity contribution in [1.29, 1.82) is 0 Å². The number of rotatable bonds is 19. The van der Waals surface area contributed by atoms with Crippen molar-refractivity contribution in [2.75, 3.05) is 26.3 Å². The molecule has 0 atom stereocenters. The Morgan fingerprint density at radius 2 is 1.03 bits per heavy atom. The van der Waals surface area contributed by atoms with Crippen molar-refractivity contribution in [3.8, 4) is 0 Å². The highest BCUT2D eigenvalue weighted by atomic mass is 16.6. The van der Waals surface area contributed by atoms with Gasteiger partial charge in [-0.3, -0.25) is 0 Å². The predicted molar refractivity (Wildman–Crippen MR) is 124 cm³/mol. The van der Waals surface area contributed by atoms with Gasteiger partial charge in [0.25, 0.3) is 0 Å². The lowest BCUT2D eigenvalue weighted by Gasteiger charge is -2.05. The molecule has 0 aromatic rings. The van der Waals surface area contributed by atoms with Crippen molar-refractivity contribution in [1.82, 2.24) is 10.6 Å². The molecule has 0 radical (unpaired) electrons. The first-order valence-electron chi connectivity index (χ1n) is 11.8. The van der Waals surface area contributed by atoms with Crippen LogP contribution in [-0.4, -0.2) is 38.5 Å². The molecule has 2 amide bonds. The van der Waals surface area contributed by atoms with E-state index in [-0.39, 0.29) is 12.2 Å². The number of nitrogens with one attached hydrogen (secondary N) is 2. The second-order valence-electron chi connectivity index (χ2n) is 7.39. The lowest BCUT2D eigenvalue weighted by atomic mass is 10.1. The van der Waals surface area contributed by atoms with Crippen LogP contribution in [0.3, 0.4) is 0 Å². The Kier molecular flexibility index (Phi) is 21.8. The number of ether oxygens (including phenoxy) is 2. The summed E-state index contributed by atoms with van der Waals surface area (Å²) in [5.41, 5.74) is 0. The standard InChI is InChI=1S/C24H44N2O4/c1-3-19-25-23(27)29-21-17-15-13-11-9-7-5-6-8-10-12-14-16-18-22-30-24(28)26-20-4-2/h5-8H,3-4,9-22H2,1-2H3,(H,25,27)(H,26,28)/b7-5+,8-6+. The molecule has 0 aliphatic carbocycles. The van der Waals surface area contributed by atoms with E-state index in [1.807, 2.05) is 13.8 Å². The first-order valence-corrected chi connectivity index (χ1v) is 11.8. The van der Waals surface area contributed by atoms with Gasteiger partial charge in [0.2, 0.25) is 0 Å². The van der Waals surface area contributed by atoms with Crippen molar-refractivity contribution >= 4 is 12.2 Å². The van der Waals surface area contributed by atoms with Crippen molar-refractivity contribution in [3.05, 3.63) is 24.3 Å². The molecule has 0 rings (SSSR count). The molecule has 0 bridgehead atoms. The molecular formula is C24H44N2O4. The van der Waals surface area contributed by atoms with Crippen LogP contribution >= 0.6 is 0 Å². The van der Waals surface area contributed by atoms with E-state index in [2.05, 4.69) is 34.9 Å². The van der Waals surface area contributed by atoms with Crippen molar-refractivity contribution in [2.24, 2.45) is 0 Å². The van der Waals surface area contributed by atoms with E-state index in [4.69, 9.17) is 9.47 Å². The molecule has 0 aliphatic rings. The van der Waals surface area contributed by atoms with Crippen LogP contribution in [0.15, 0.2) is 24.3 Å². The molecule has 174 valence electrons. The Hall–Kier alpha value is -1.98. The van der Waals surface area contributed by atoms with E-state index in [0.29, 0.717) is 26.3 Å². The number of hydrogen-bond donors (Lipinski definition) is 2. The summed E-state index contributed by atoms with van der Waals surface area (Å²) < 4.78 is 10.2. The summed E-state index contributed by atoms with van der Waals surface area (Å²) in [6, 6.07) is 0. The molecule has 30 heavy (non-hydrogen) atoms. The molecule has 0 unspecified atom stereocenters. The van der Waals surface area contributed by atoms with Gasteiger partial charge in [-0.2, -0.15) is 0 Å². The number of carbonyl (C=O) groups is 2. The normalized spacial score (nSPS) is 11.1. The topological polar surface area (TPSA) is 76.7 Å². The fourth-order valence-corrected chi connectivity index (χ4v) is 2.67. The zero-order chi connectivity index (χ0) is 22.1. The monoisotopic (exact) mass is 424 g/mol. The number of amides is 2. The van der Waals surface area contributed by atoms with Crippen LogP contribution in [0.25, 0.3) is 0 Å². The maximum atomic E-state index is 11.2. The summed E-state index contributed by atoms with van der Waals surface area (Å²) in [7, 11) is 0. The molecule has 2 N–H and O–H groups in total. The van der Waals surface area contributed by atoms with Crippen LogP contribution < -0.4 is 10.6 Å². The minimum atomic E-state index is -0.299. The summed E-state index contributed by atoms with van der Waals surface area (Å²) in [5, 5.41) is 5.40. The zero-order valence-corrected chi connectivity index (χ0v) is 19.3. The van der Waals surface area contributed by atoms with Gasteiger partial charge >= 0.3 is 12.2 Å². The van der Waals surface area contributed by atoms with Gasteiger partial charge in [-0.05, 0) is 51.4 Å². The lowest BCUT2D eigenvalue weighted by Crippen LogP contribution is -2.25. The molecule has 0 spiro atoms. The third kappa shape index (κ3) is 22.3. The Balaban J connectivity index is 3.30. The van der Waals surface area contributed by atoms with Gasteiger partial charge in [-0.1, -0.05) is 63.8 Å². The molecular weight excluding hydrogens is 380 g/mol. The third-order valence-corrected chi connectivity index (χ3v) is 4.42. The van der Waals surface area contributed by atoms with Crippen LogP contribution in [0.2, 0.25) is 0 Å². The number of carbonyl (C=O) groups excluding carboxylic acids is 2. The Morgan fingerprint density at radius 1 is 0.633 bits per heavy atom. The number of unbranched alkanes of at least 4 members (excludes halogenated alkanes) is 8. The van der Waals surface area contributed by atoms with Gasteiger partial charge in [0, 0.05) is 13.1 Å². The highest BCUT2D eigenvalue weighted by Crippen LogP contribution is 2.06. The molecule has 0 aliphatic heterocycles. The predicted octanol–water partition coefficient (Wildman–Crippen LogP) is 6.27. The van der Waals surface area contributed by atoms with E-state index in [9.17, 15) is 9.59 Å². The third-order valence-electron chi connectivity index (χ3n) is 4.42. The number of alkyl carbamates (subject to hydrolysis) is 2. The second kappa shape index (κ2) is 23.3. The molecule has 6 heteroatoms. The summed E-state index contributed by atoms with van der Waals surface area (Å²) in [6.45, 7) is 6.41. The fourth-order valence-electron chi connectivity index (χ4n) is 2.67. The first kappa shape index (κ1) is 28.0. The Morgan fingerprint density at radius 3 is 1.43 bits per heavy atom. The van der Waals surface area contributed by atoms with Crippen LogP contribution in [0, 0.1) is 0 Å². The summed E-state index contributed by atoms with van der Waals surface area (Å²) in [6.07, 6.45) is 20.9. The quantitative estimate of drug-likeness (QED) is 0.189. The largest absolute Gasteiger partial charge is 0.450 e. The Labute approximate surface area is 183 Å². The van der Waals surface area contributed by atoms with Gasteiger partial charge in [0.05, 0.1) is 13.2 Å². The maximum absolute atomic E-state index is 11.2. The van der Waals surface area contributed by atoms with Crippen molar-refractivity contribution < 1.29 is 19.1 Å². The highest BCUT2D eigenvalue weighted by Gasteiger charge is 2.00. The van der Waals surface area contributed by atoms with Gasteiger partial charge in [-0.25, -0.2) is 9.59 Å². The summed E-state index contributed by atoms with van der Waals surface area (Å²) >= 11 is 0. The summed E-state index contributed by atoms with van der Waals surface area (Å²) in [5.74, 6) is 0. The molecule has 0 saturated heterocycles. The SMILES string of the molecule is CCCNC(=O)OCCCCCC/C=C/C=C/CCCCCCOC(=O)NCCC. The van der Waals surface area contributed by atoms with Crippen LogP contribution in [0.5, 0.6) is 0 Å². The van der Waals surface area contributed by atoms with E-state index < -0.39 is 0 Å². The van der Waals surface area contributed by atoms with Crippen molar-refractivity contribution in [2.45, 2.75) is 90.9 Å². The molecule has 0 heterocycles. The Bertz CT molecular complexity index is 422. The van der Waals surface area contributed by atoms with Crippen molar-refractivity contribution in [3.63, 3.8) is 0 Å². The minimum Gasteiger partial charge on any atom is -0.450 e. The lowest BCUT2D eigenvalue weighted by molar-refractivity contribution is 0.143. The summed E-state index contributed by atoms with van der Waals surface area (Å²) in [4.78, 5) is 22.5. The highest BCUT2D eigenvalue weighted by molar-refractivity contribution is 5.67. The zero-order valence-electron chi connectivity index (χ0n) is 19.3. The first-order chi connectivity index (χ1) is 14.7. The van der Waals surface area contributed by atoms with Gasteiger partial charge < -0.3 is 20.1 Å². The van der Waals surface area contributed by atoms with E-state index >= 15 is 0 Å². The number of hydrogen-bond acceptors (Lipinski definition) is 4. The molecule has 6 nitrogen and oxygen atoms in total. The maximum Gasteiger partial charge on any atom is 0.407 e. The molecule has 0 aromatic carbocycles. The van der Waals surface area contributed by atoms with Gasteiger partial charge in [-0.15, -0.1) is 0 Å². The van der Waals surface area contributed by atoms with Crippen LogP contribution in [0.1, 0.15) is 90.9 Å². The average molecular weight is 425 g/mol. The van der Waals surface area contributed by atoms with Gasteiger partial charge in [0.1, 0.15) is 0 Å². The fraction of sp³-hybridized carbons (Fsp3) is 0.750. The molecule has 0 fully saturated rings. The van der Waals surface area contributed by atoms with E-state index in [1.165, 1.54) is 12.8 Å². The van der Waals surface area contributed by atoms with E-state index in [0.717, 1.165) is 64.2 Å². The molecule has 0 aromatic heterocycles. The van der Waals surface area contributed by atoms with Crippen LogP contribution in [-0.2, 0) is 9.47 Å². The smallest absolute Gasteiger partial charge is 0.407 e. The van der Waals surface area contributed by atoms with E-state index in [1.54, 1.807) is 0 Å². The second-order valence-corrected chi connectivity index (χ2v) is 7.39.